The lowest BCUT2D eigenvalue weighted by Gasteiger charge is -2.32. The minimum atomic E-state index is -0.934. The Morgan fingerprint density at radius 1 is 1.10 bits per heavy atom. The molecular weight excluding hydrogens is 280 g/mol. The van der Waals surface area contributed by atoms with Crippen molar-refractivity contribution < 1.29 is 24.0 Å². The van der Waals surface area contributed by atoms with E-state index in [1.165, 1.54) is 19.0 Å². The van der Waals surface area contributed by atoms with Crippen LogP contribution in [0.5, 0.6) is 0 Å². The van der Waals surface area contributed by atoms with E-state index in [0.29, 0.717) is 9.80 Å². The van der Waals surface area contributed by atoms with E-state index in [-0.39, 0.29) is 12.3 Å². The van der Waals surface area contributed by atoms with Gasteiger partial charge in [0, 0.05) is 14.1 Å². The zero-order valence-corrected chi connectivity index (χ0v) is 12.2. The predicted octanol–water partition coefficient (Wildman–Crippen LogP) is -1.96. The van der Waals surface area contributed by atoms with Gasteiger partial charge in [0.25, 0.3) is 0 Å². The molecule has 0 spiro atoms. The first-order chi connectivity index (χ1) is 9.77. The molecule has 5 amide bonds. The third kappa shape index (κ3) is 4.09. The van der Waals surface area contributed by atoms with Gasteiger partial charge in [-0.05, 0) is 7.05 Å². The summed E-state index contributed by atoms with van der Waals surface area (Å²) in [5, 5.41) is 2.61. The van der Waals surface area contributed by atoms with Crippen LogP contribution >= 0.6 is 0 Å². The number of barbiturate groups is 1. The van der Waals surface area contributed by atoms with E-state index in [4.69, 9.17) is 0 Å². The number of likely N-dealkylation sites (N-methyl/N-ethyl adjacent to an activating group) is 2. The van der Waals surface area contributed by atoms with Gasteiger partial charge in [-0.15, -0.1) is 0 Å². The molecule has 1 aliphatic heterocycles. The van der Waals surface area contributed by atoms with Crippen LogP contribution in [0.3, 0.4) is 0 Å². The Balaban J connectivity index is 2.84. The van der Waals surface area contributed by atoms with Gasteiger partial charge in [0.1, 0.15) is 13.0 Å². The summed E-state index contributed by atoms with van der Waals surface area (Å²) in [6, 6.07) is -0.934. The monoisotopic (exact) mass is 298 g/mol. The van der Waals surface area contributed by atoms with E-state index < -0.39 is 43.3 Å². The number of imide groups is 2. The fourth-order valence-corrected chi connectivity index (χ4v) is 1.70. The van der Waals surface area contributed by atoms with Crippen LogP contribution in [0.4, 0.5) is 4.79 Å². The molecule has 0 atom stereocenters. The Morgan fingerprint density at radius 3 is 2.10 bits per heavy atom. The van der Waals surface area contributed by atoms with Crippen molar-refractivity contribution in [3.8, 4) is 0 Å². The lowest BCUT2D eigenvalue weighted by atomic mass is 10.2. The maximum Gasteiger partial charge on any atom is 0.334 e. The molecule has 1 rings (SSSR count). The Hall–Kier alpha value is -2.29. The van der Waals surface area contributed by atoms with Crippen molar-refractivity contribution in [3.63, 3.8) is 0 Å². The molecule has 1 saturated heterocycles. The van der Waals surface area contributed by atoms with Gasteiger partial charge in [0.15, 0.2) is 5.78 Å². The molecule has 116 valence electrons. The second-order valence-electron chi connectivity index (χ2n) is 4.78. The molecule has 0 radical (unpaired) electrons. The maximum atomic E-state index is 12.1. The van der Waals surface area contributed by atoms with Crippen LogP contribution in [0.1, 0.15) is 6.42 Å². The second-order valence-corrected chi connectivity index (χ2v) is 4.78. The van der Waals surface area contributed by atoms with Gasteiger partial charge in [0.05, 0.1) is 13.1 Å². The Labute approximate surface area is 121 Å². The van der Waals surface area contributed by atoms with Crippen LogP contribution in [-0.4, -0.2) is 85.0 Å². The summed E-state index contributed by atoms with van der Waals surface area (Å²) in [5.74, 6) is -2.29. The molecule has 0 aromatic rings. The average molecular weight is 298 g/mol. The van der Waals surface area contributed by atoms with Crippen molar-refractivity contribution in [2.24, 2.45) is 0 Å². The van der Waals surface area contributed by atoms with Gasteiger partial charge in [-0.25, -0.2) is 4.79 Å². The van der Waals surface area contributed by atoms with Crippen LogP contribution in [0.15, 0.2) is 0 Å². The summed E-state index contributed by atoms with van der Waals surface area (Å²) in [7, 11) is 4.53. The third-order valence-electron chi connectivity index (χ3n) is 2.87. The topological polar surface area (TPSA) is 107 Å². The van der Waals surface area contributed by atoms with Crippen molar-refractivity contribution in [2.45, 2.75) is 6.42 Å². The molecule has 21 heavy (non-hydrogen) atoms. The number of hydrogen-bond donors (Lipinski definition) is 1. The summed E-state index contributed by atoms with van der Waals surface area (Å²) in [6.07, 6.45) is -0.528. The number of Topliss-reactive ketones (excluding diaryl/α,β-unsaturated/α-hetero) is 1. The first kappa shape index (κ1) is 16.8. The van der Waals surface area contributed by atoms with Gasteiger partial charge >= 0.3 is 6.03 Å². The summed E-state index contributed by atoms with van der Waals surface area (Å²) >= 11 is 0. The van der Waals surface area contributed by atoms with E-state index in [1.54, 1.807) is 7.05 Å². The predicted molar refractivity (Wildman–Crippen MR) is 71.1 cm³/mol. The van der Waals surface area contributed by atoms with E-state index >= 15 is 0 Å². The summed E-state index contributed by atoms with van der Waals surface area (Å²) in [6.45, 7) is -0.866. The van der Waals surface area contributed by atoms with Gasteiger partial charge in [-0.3, -0.25) is 29.0 Å². The first-order valence-electron chi connectivity index (χ1n) is 6.29. The van der Waals surface area contributed by atoms with Gasteiger partial charge in [0.2, 0.25) is 17.7 Å². The molecule has 0 unspecified atom stereocenters. The molecule has 0 bridgehead atoms. The van der Waals surface area contributed by atoms with Gasteiger partial charge < -0.3 is 10.2 Å². The summed E-state index contributed by atoms with van der Waals surface area (Å²) < 4.78 is 0. The number of ketones is 1. The molecule has 9 nitrogen and oxygen atoms in total. The lowest BCUT2D eigenvalue weighted by molar-refractivity contribution is -0.147. The molecule has 1 aliphatic rings. The summed E-state index contributed by atoms with van der Waals surface area (Å²) in [4.78, 5) is 61.3. The molecule has 0 saturated carbocycles. The van der Waals surface area contributed by atoms with E-state index in [2.05, 4.69) is 5.32 Å². The van der Waals surface area contributed by atoms with Crippen molar-refractivity contribution >= 4 is 29.5 Å². The van der Waals surface area contributed by atoms with E-state index in [9.17, 15) is 24.0 Å². The molecule has 1 heterocycles. The number of rotatable bonds is 6. The number of amides is 5. The van der Waals surface area contributed by atoms with Gasteiger partial charge in [-0.2, -0.15) is 0 Å². The number of carbonyl (C=O) groups excluding carboxylic acids is 5. The lowest BCUT2D eigenvalue weighted by Crippen LogP contribution is -2.58. The van der Waals surface area contributed by atoms with Crippen molar-refractivity contribution in [1.29, 1.82) is 0 Å². The second kappa shape index (κ2) is 6.93. The minimum Gasteiger partial charge on any atom is -0.347 e. The molecule has 9 heteroatoms. The molecule has 1 N–H and O–H groups in total. The standard InChI is InChI=1S/C12H18N4O5/c1-13-5-8(17)6-15-9(18)4-10(19)16(12(15)21)7-11(20)14(2)3/h13H,4-7H2,1-3H3. The normalized spacial score (nSPS) is 15.5. The van der Waals surface area contributed by atoms with E-state index in [1.807, 2.05) is 0 Å². The van der Waals surface area contributed by atoms with Crippen LogP contribution in [0.25, 0.3) is 0 Å². The fraction of sp³-hybridized carbons (Fsp3) is 0.583. The molecule has 1 fully saturated rings. The van der Waals surface area contributed by atoms with Crippen LogP contribution < -0.4 is 5.32 Å². The molecule has 0 aromatic heterocycles. The Kier molecular flexibility index (Phi) is 5.53. The average Bonchev–Trinajstić information content (AvgIpc) is 2.39. The molecule has 0 aromatic carbocycles. The highest BCUT2D eigenvalue weighted by Crippen LogP contribution is 2.12. The number of nitrogens with zero attached hydrogens (tertiary/aromatic N) is 3. The maximum absolute atomic E-state index is 12.1. The fourth-order valence-electron chi connectivity index (χ4n) is 1.70. The number of carbonyl (C=O) groups is 5. The molecule has 0 aliphatic carbocycles. The number of urea groups is 1. The Morgan fingerprint density at radius 2 is 1.62 bits per heavy atom. The zero-order chi connectivity index (χ0) is 16.2. The quantitative estimate of drug-likeness (QED) is 0.571. The van der Waals surface area contributed by atoms with Crippen molar-refractivity contribution in [1.82, 2.24) is 20.0 Å². The van der Waals surface area contributed by atoms with Crippen LogP contribution in [0, 0.1) is 0 Å². The summed E-state index contributed by atoms with van der Waals surface area (Å²) in [5.41, 5.74) is 0. The smallest absolute Gasteiger partial charge is 0.334 e. The highest BCUT2D eigenvalue weighted by molar-refractivity contribution is 6.16. The Bertz CT molecular complexity index is 488. The highest BCUT2D eigenvalue weighted by Gasteiger charge is 2.39. The zero-order valence-electron chi connectivity index (χ0n) is 12.2. The SMILES string of the molecule is CNCC(=O)CN1C(=O)CC(=O)N(CC(=O)N(C)C)C1=O. The van der Waals surface area contributed by atoms with Crippen molar-refractivity contribution in [2.75, 3.05) is 40.8 Å². The molecular formula is C12H18N4O5. The first-order valence-corrected chi connectivity index (χ1v) is 6.29. The van der Waals surface area contributed by atoms with Crippen LogP contribution in [-0.2, 0) is 19.2 Å². The van der Waals surface area contributed by atoms with Crippen molar-refractivity contribution in [3.05, 3.63) is 0 Å². The third-order valence-corrected chi connectivity index (χ3v) is 2.87. The number of nitrogens with one attached hydrogen (secondary N) is 1. The van der Waals surface area contributed by atoms with Gasteiger partial charge in [-0.1, -0.05) is 0 Å². The highest BCUT2D eigenvalue weighted by atomic mass is 16.2. The largest absolute Gasteiger partial charge is 0.347 e. The van der Waals surface area contributed by atoms with E-state index in [0.717, 1.165) is 0 Å². The number of hydrogen-bond acceptors (Lipinski definition) is 6. The van der Waals surface area contributed by atoms with Crippen LogP contribution in [0.2, 0.25) is 0 Å². The minimum absolute atomic E-state index is 0.00162.